The first-order chi connectivity index (χ1) is 8.79. The van der Waals surface area contributed by atoms with Crippen LogP contribution in [0.4, 0.5) is 0 Å². The van der Waals surface area contributed by atoms with Gasteiger partial charge < -0.3 is 5.73 Å². The van der Waals surface area contributed by atoms with Crippen LogP contribution in [0.1, 0.15) is 12.0 Å². The van der Waals surface area contributed by atoms with Crippen LogP contribution in [-0.2, 0) is 6.54 Å². The standard InChI is InChI=1S/C14H22IN3/c15-14-12-17(9-10-18(14)8-4-7-16)11-13-5-2-1-3-6-13/h1-3,5-6,14H,4,7-12,16H2. The van der Waals surface area contributed by atoms with Gasteiger partial charge in [-0.25, -0.2) is 0 Å². The number of hydrogen-bond acceptors (Lipinski definition) is 3. The zero-order valence-electron chi connectivity index (χ0n) is 10.8. The van der Waals surface area contributed by atoms with Crippen molar-refractivity contribution < 1.29 is 0 Å². The minimum atomic E-state index is 0.617. The van der Waals surface area contributed by atoms with Gasteiger partial charge in [0.2, 0.25) is 0 Å². The number of nitrogens with zero attached hydrogens (tertiary/aromatic N) is 2. The SMILES string of the molecule is NCCCN1CCN(Cc2ccccc2)CC1I. The molecule has 3 nitrogen and oxygen atoms in total. The zero-order valence-corrected chi connectivity index (χ0v) is 12.9. The molecule has 1 aliphatic rings. The maximum atomic E-state index is 5.58. The third-order valence-electron chi connectivity index (χ3n) is 3.41. The van der Waals surface area contributed by atoms with Crippen molar-refractivity contribution in [2.45, 2.75) is 17.0 Å². The number of halogens is 1. The van der Waals surface area contributed by atoms with E-state index in [-0.39, 0.29) is 0 Å². The summed E-state index contributed by atoms with van der Waals surface area (Å²) >= 11 is 2.56. The predicted molar refractivity (Wildman–Crippen MR) is 84.8 cm³/mol. The van der Waals surface area contributed by atoms with Crippen LogP contribution in [0.3, 0.4) is 0 Å². The molecule has 4 heteroatoms. The fourth-order valence-corrected chi connectivity index (χ4v) is 3.48. The Labute approximate surface area is 123 Å². The molecule has 18 heavy (non-hydrogen) atoms. The summed E-state index contributed by atoms with van der Waals surface area (Å²) in [6, 6.07) is 10.7. The van der Waals surface area contributed by atoms with Gasteiger partial charge in [-0.15, -0.1) is 0 Å². The van der Waals surface area contributed by atoms with Crippen molar-refractivity contribution in [2.75, 3.05) is 32.7 Å². The van der Waals surface area contributed by atoms with Gasteiger partial charge in [-0.3, -0.25) is 9.80 Å². The molecular weight excluding hydrogens is 337 g/mol. The van der Waals surface area contributed by atoms with Crippen molar-refractivity contribution in [3.8, 4) is 0 Å². The van der Waals surface area contributed by atoms with Gasteiger partial charge in [-0.05, 0) is 18.5 Å². The van der Waals surface area contributed by atoms with E-state index in [0.29, 0.717) is 4.05 Å². The van der Waals surface area contributed by atoms with Crippen LogP contribution >= 0.6 is 22.6 Å². The molecular formula is C14H22IN3. The smallest absolute Gasteiger partial charge is 0.0748 e. The van der Waals surface area contributed by atoms with Crippen LogP contribution < -0.4 is 5.73 Å². The van der Waals surface area contributed by atoms with Crippen LogP contribution in [0, 0.1) is 0 Å². The molecule has 100 valence electrons. The first-order valence-electron chi connectivity index (χ1n) is 6.64. The summed E-state index contributed by atoms with van der Waals surface area (Å²) in [5.41, 5.74) is 6.99. The molecule has 0 spiro atoms. The van der Waals surface area contributed by atoms with Crippen molar-refractivity contribution in [3.63, 3.8) is 0 Å². The highest BCUT2D eigenvalue weighted by Crippen LogP contribution is 2.17. The van der Waals surface area contributed by atoms with E-state index in [2.05, 4.69) is 62.7 Å². The second-order valence-electron chi connectivity index (χ2n) is 4.83. The molecule has 0 aromatic heterocycles. The average molecular weight is 359 g/mol. The van der Waals surface area contributed by atoms with Crippen molar-refractivity contribution in [1.82, 2.24) is 9.80 Å². The van der Waals surface area contributed by atoms with E-state index in [0.717, 1.165) is 32.6 Å². The third-order valence-corrected chi connectivity index (χ3v) is 4.59. The van der Waals surface area contributed by atoms with E-state index in [1.54, 1.807) is 0 Å². The summed E-state index contributed by atoms with van der Waals surface area (Å²) in [4.78, 5) is 5.10. The van der Waals surface area contributed by atoms with Gasteiger partial charge in [-0.1, -0.05) is 52.9 Å². The van der Waals surface area contributed by atoms with E-state index >= 15 is 0 Å². The van der Waals surface area contributed by atoms with Crippen molar-refractivity contribution in [1.29, 1.82) is 0 Å². The predicted octanol–water partition coefficient (Wildman–Crippen LogP) is 1.91. The van der Waals surface area contributed by atoms with Crippen LogP contribution in [0.15, 0.2) is 30.3 Å². The second kappa shape index (κ2) is 7.43. The van der Waals surface area contributed by atoms with Gasteiger partial charge in [0.1, 0.15) is 0 Å². The monoisotopic (exact) mass is 359 g/mol. The Bertz CT molecular complexity index is 344. The molecule has 0 amide bonds. The summed E-state index contributed by atoms with van der Waals surface area (Å²) in [7, 11) is 0. The lowest BCUT2D eigenvalue weighted by atomic mass is 10.2. The average Bonchev–Trinajstić information content (AvgIpc) is 2.39. The molecule has 0 radical (unpaired) electrons. The highest BCUT2D eigenvalue weighted by atomic mass is 127. The minimum Gasteiger partial charge on any atom is -0.330 e. The third kappa shape index (κ3) is 4.19. The molecule has 1 fully saturated rings. The number of alkyl halides is 1. The van der Waals surface area contributed by atoms with Crippen molar-refractivity contribution >= 4 is 22.6 Å². The number of rotatable bonds is 5. The Kier molecular flexibility index (Phi) is 5.88. The number of nitrogens with two attached hydrogens (primary N) is 1. The van der Waals surface area contributed by atoms with E-state index in [1.807, 2.05) is 0 Å². The van der Waals surface area contributed by atoms with E-state index in [4.69, 9.17) is 5.73 Å². The summed E-state index contributed by atoms with van der Waals surface area (Å²) in [5, 5.41) is 0. The van der Waals surface area contributed by atoms with Gasteiger partial charge >= 0.3 is 0 Å². The largest absolute Gasteiger partial charge is 0.330 e. The second-order valence-corrected chi connectivity index (χ2v) is 6.27. The Morgan fingerprint density at radius 2 is 2.00 bits per heavy atom. The first kappa shape index (κ1) is 14.2. The van der Waals surface area contributed by atoms with Gasteiger partial charge in [0.05, 0.1) is 4.05 Å². The lowest BCUT2D eigenvalue weighted by molar-refractivity contribution is 0.118. The molecule has 1 unspecified atom stereocenters. The topological polar surface area (TPSA) is 32.5 Å². The summed E-state index contributed by atoms with van der Waals surface area (Å²) < 4.78 is 0.617. The molecule has 1 heterocycles. The Morgan fingerprint density at radius 3 is 2.67 bits per heavy atom. The molecule has 0 aliphatic carbocycles. The molecule has 0 saturated carbocycles. The highest BCUT2D eigenvalue weighted by Gasteiger charge is 2.23. The molecule has 0 bridgehead atoms. The van der Waals surface area contributed by atoms with Gasteiger partial charge in [0, 0.05) is 32.7 Å². The quantitative estimate of drug-likeness (QED) is 0.495. The van der Waals surface area contributed by atoms with Gasteiger partial charge in [0.25, 0.3) is 0 Å². The molecule has 2 rings (SSSR count). The number of hydrogen-bond donors (Lipinski definition) is 1. The van der Waals surface area contributed by atoms with Crippen molar-refractivity contribution in [3.05, 3.63) is 35.9 Å². The zero-order chi connectivity index (χ0) is 12.8. The Hall–Kier alpha value is -0.170. The minimum absolute atomic E-state index is 0.617. The van der Waals surface area contributed by atoms with Crippen LogP contribution in [0.25, 0.3) is 0 Å². The van der Waals surface area contributed by atoms with Crippen LogP contribution in [0.2, 0.25) is 0 Å². The summed E-state index contributed by atoms with van der Waals surface area (Å²) in [6.07, 6.45) is 1.11. The maximum Gasteiger partial charge on any atom is 0.0748 e. The number of benzene rings is 1. The molecule has 1 saturated heterocycles. The molecule has 1 aliphatic heterocycles. The fourth-order valence-electron chi connectivity index (χ4n) is 2.36. The number of piperazine rings is 1. The van der Waals surface area contributed by atoms with E-state index in [9.17, 15) is 0 Å². The molecule has 1 atom stereocenters. The molecule has 1 aromatic rings. The summed E-state index contributed by atoms with van der Waals surface area (Å²) in [5.74, 6) is 0. The molecule has 2 N–H and O–H groups in total. The Balaban J connectivity index is 1.81. The van der Waals surface area contributed by atoms with Crippen LogP contribution in [-0.4, -0.2) is 46.6 Å². The van der Waals surface area contributed by atoms with Gasteiger partial charge in [-0.2, -0.15) is 0 Å². The summed E-state index contributed by atoms with van der Waals surface area (Å²) in [6.45, 7) is 6.50. The Morgan fingerprint density at radius 1 is 1.22 bits per heavy atom. The maximum absolute atomic E-state index is 5.58. The van der Waals surface area contributed by atoms with Crippen molar-refractivity contribution in [2.24, 2.45) is 5.73 Å². The highest BCUT2D eigenvalue weighted by molar-refractivity contribution is 14.1. The fraction of sp³-hybridized carbons (Fsp3) is 0.571. The lowest BCUT2D eigenvalue weighted by Gasteiger charge is -2.38. The lowest BCUT2D eigenvalue weighted by Crippen LogP contribution is -2.50. The van der Waals surface area contributed by atoms with Crippen LogP contribution in [0.5, 0.6) is 0 Å². The van der Waals surface area contributed by atoms with E-state index < -0.39 is 0 Å². The van der Waals surface area contributed by atoms with E-state index in [1.165, 1.54) is 18.7 Å². The van der Waals surface area contributed by atoms with Gasteiger partial charge in [0.15, 0.2) is 0 Å². The normalized spacial score (nSPS) is 22.2. The first-order valence-corrected chi connectivity index (χ1v) is 7.88. The molecule has 1 aromatic carbocycles.